The van der Waals surface area contributed by atoms with Crippen molar-refractivity contribution in [2.24, 2.45) is 5.92 Å². The molecular formula is C13H23N3O2. The molecule has 5 nitrogen and oxygen atoms in total. The van der Waals surface area contributed by atoms with Crippen molar-refractivity contribution >= 4 is 5.91 Å². The number of nitrogens with one attached hydrogen (secondary N) is 1. The lowest BCUT2D eigenvalue weighted by Gasteiger charge is -2.18. The summed E-state index contributed by atoms with van der Waals surface area (Å²) in [5.74, 6) is -0.0761. The van der Waals surface area contributed by atoms with E-state index in [2.05, 4.69) is 10.4 Å². The number of nitrogens with zero attached hydrogens (tertiary/aromatic N) is 2. The van der Waals surface area contributed by atoms with Crippen molar-refractivity contribution in [3.8, 4) is 0 Å². The Kier molecular flexibility index (Phi) is 4.51. The van der Waals surface area contributed by atoms with E-state index < -0.39 is 6.10 Å². The topological polar surface area (TPSA) is 67.2 Å². The molecule has 1 amide bonds. The van der Waals surface area contributed by atoms with Crippen molar-refractivity contribution in [1.29, 1.82) is 0 Å². The molecule has 0 radical (unpaired) electrons. The molecule has 1 aromatic rings. The fraction of sp³-hybridized carbons (Fsp3) is 0.692. The summed E-state index contributed by atoms with van der Waals surface area (Å²) in [5, 5.41) is 16.5. The lowest BCUT2D eigenvalue weighted by atomic mass is 10.1. The molecule has 0 saturated carbocycles. The Morgan fingerprint density at radius 1 is 1.50 bits per heavy atom. The Morgan fingerprint density at radius 3 is 2.56 bits per heavy atom. The van der Waals surface area contributed by atoms with Crippen LogP contribution in [0.4, 0.5) is 0 Å². The first-order valence-electron chi connectivity index (χ1n) is 6.23. The van der Waals surface area contributed by atoms with Crippen LogP contribution in [0.15, 0.2) is 12.4 Å². The molecule has 1 rings (SSSR count). The van der Waals surface area contributed by atoms with E-state index in [1.807, 2.05) is 34.6 Å². The average Bonchev–Trinajstić information content (AvgIpc) is 2.73. The molecule has 0 fully saturated rings. The van der Waals surface area contributed by atoms with Gasteiger partial charge in [-0.05, 0) is 26.7 Å². The Bertz CT molecular complexity index is 405. The van der Waals surface area contributed by atoms with Crippen LogP contribution in [0.3, 0.4) is 0 Å². The van der Waals surface area contributed by atoms with Gasteiger partial charge in [0.1, 0.15) is 0 Å². The number of rotatable bonds is 4. The van der Waals surface area contributed by atoms with Crippen molar-refractivity contribution in [2.45, 2.75) is 46.3 Å². The predicted octanol–water partition coefficient (Wildman–Crippen LogP) is 1.38. The minimum atomic E-state index is -0.522. The van der Waals surface area contributed by atoms with Crippen LogP contribution in [-0.4, -0.2) is 33.4 Å². The van der Waals surface area contributed by atoms with E-state index >= 15 is 0 Å². The van der Waals surface area contributed by atoms with Crippen molar-refractivity contribution in [1.82, 2.24) is 15.1 Å². The van der Waals surface area contributed by atoms with Crippen LogP contribution in [0.2, 0.25) is 0 Å². The lowest BCUT2D eigenvalue weighted by Crippen LogP contribution is -2.34. The number of hydrogen-bond donors (Lipinski definition) is 2. The Labute approximate surface area is 108 Å². The van der Waals surface area contributed by atoms with Crippen LogP contribution < -0.4 is 5.32 Å². The first kappa shape index (κ1) is 14.7. The summed E-state index contributed by atoms with van der Waals surface area (Å²) in [6, 6.07) is 0. The zero-order valence-corrected chi connectivity index (χ0v) is 11.8. The fourth-order valence-corrected chi connectivity index (χ4v) is 1.34. The molecule has 0 aromatic carbocycles. The number of carbonyl (C=O) groups is 1. The van der Waals surface area contributed by atoms with Gasteiger partial charge in [-0.25, -0.2) is 0 Å². The molecule has 18 heavy (non-hydrogen) atoms. The Hall–Kier alpha value is -1.36. The summed E-state index contributed by atoms with van der Waals surface area (Å²) in [6.45, 7) is 10.1. The third-order valence-corrected chi connectivity index (χ3v) is 2.77. The number of carbonyl (C=O) groups excluding carboxylic acids is 1. The molecule has 1 atom stereocenters. The van der Waals surface area contributed by atoms with Gasteiger partial charge in [-0.1, -0.05) is 13.8 Å². The van der Waals surface area contributed by atoms with Gasteiger partial charge < -0.3 is 10.4 Å². The van der Waals surface area contributed by atoms with Crippen molar-refractivity contribution in [3.63, 3.8) is 0 Å². The van der Waals surface area contributed by atoms with E-state index in [1.54, 1.807) is 17.1 Å². The molecule has 102 valence electrons. The van der Waals surface area contributed by atoms with Gasteiger partial charge in [-0.15, -0.1) is 0 Å². The highest BCUT2D eigenvalue weighted by Crippen LogP contribution is 2.13. The largest absolute Gasteiger partial charge is 0.391 e. The second kappa shape index (κ2) is 5.52. The fourth-order valence-electron chi connectivity index (χ4n) is 1.34. The van der Waals surface area contributed by atoms with Gasteiger partial charge in [0.25, 0.3) is 5.91 Å². The normalized spacial score (nSPS) is 13.7. The van der Waals surface area contributed by atoms with Crippen LogP contribution in [0.5, 0.6) is 0 Å². The van der Waals surface area contributed by atoms with Crippen LogP contribution >= 0.6 is 0 Å². The predicted molar refractivity (Wildman–Crippen MR) is 70.4 cm³/mol. The molecule has 0 aliphatic carbocycles. The molecule has 2 N–H and O–H groups in total. The summed E-state index contributed by atoms with van der Waals surface area (Å²) in [7, 11) is 0. The summed E-state index contributed by atoms with van der Waals surface area (Å²) < 4.78 is 1.75. The van der Waals surface area contributed by atoms with E-state index in [0.717, 1.165) is 0 Å². The van der Waals surface area contributed by atoms with Gasteiger partial charge in [0.05, 0.1) is 23.4 Å². The summed E-state index contributed by atoms with van der Waals surface area (Å²) in [5.41, 5.74) is 0.372. The van der Waals surface area contributed by atoms with Crippen LogP contribution in [-0.2, 0) is 5.54 Å². The summed E-state index contributed by atoms with van der Waals surface area (Å²) in [4.78, 5) is 11.8. The van der Waals surface area contributed by atoms with E-state index in [0.29, 0.717) is 5.56 Å². The molecule has 0 aliphatic heterocycles. The van der Waals surface area contributed by atoms with Crippen molar-refractivity contribution in [3.05, 3.63) is 18.0 Å². The molecule has 0 spiro atoms. The van der Waals surface area contributed by atoms with Gasteiger partial charge in [0, 0.05) is 12.7 Å². The van der Waals surface area contributed by atoms with Gasteiger partial charge in [0.2, 0.25) is 0 Å². The quantitative estimate of drug-likeness (QED) is 0.852. The zero-order valence-electron chi connectivity index (χ0n) is 11.8. The van der Waals surface area contributed by atoms with Gasteiger partial charge in [0.15, 0.2) is 0 Å². The number of aliphatic hydroxyl groups excluding tert-OH is 1. The summed E-state index contributed by atoms with van der Waals surface area (Å²) in [6.07, 6.45) is 2.74. The number of hydrogen-bond acceptors (Lipinski definition) is 3. The average molecular weight is 253 g/mol. The van der Waals surface area contributed by atoms with Crippen molar-refractivity contribution in [2.75, 3.05) is 6.54 Å². The lowest BCUT2D eigenvalue weighted by molar-refractivity contribution is 0.0871. The van der Waals surface area contributed by atoms with E-state index in [9.17, 15) is 9.90 Å². The minimum absolute atomic E-state index is 0.127. The number of aliphatic hydroxyl groups is 1. The Morgan fingerprint density at radius 2 is 2.11 bits per heavy atom. The van der Waals surface area contributed by atoms with Gasteiger partial charge in [-0.2, -0.15) is 5.10 Å². The second-order valence-electron chi connectivity index (χ2n) is 5.87. The van der Waals surface area contributed by atoms with Gasteiger partial charge in [-0.3, -0.25) is 9.48 Å². The second-order valence-corrected chi connectivity index (χ2v) is 5.87. The monoisotopic (exact) mass is 253 g/mol. The number of amides is 1. The molecule has 1 heterocycles. The van der Waals surface area contributed by atoms with Crippen molar-refractivity contribution < 1.29 is 9.90 Å². The molecule has 1 aromatic heterocycles. The minimum Gasteiger partial charge on any atom is -0.391 e. The smallest absolute Gasteiger partial charge is 0.254 e. The van der Waals surface area contributed by atoms with Crippen LogP contribution in [0.25, 0.3) is 0 Å². The maximum atomic E-state index is 11.8. The maximum Gasteiger partial charge on any atom is 0.254 e. The van der Waals surface area contributed by atoms with Crippen LogP contribution in [0, 0.1) is 5.92 Å². The third kappa shape index (κ3) is 3.84. The Balaban J connectivity index is 2.60. The molecule has 0 bridgehead atoms. The highest BCUT2D eigenvalue weighted by atomic mass is 16.3. The third-order valence-electron chi connectivity index (χ3n) is 2.77. The van der Waals surface area contributed by atoms with Crippen LogP contribution in [0.1, 0.15) is 45.0 Å². The molecular weight excluding hydrogens is 230 g/mol. The number of aromatic nitrogens is 2. The highest BCUT2D eigenvalue weighted by molar-refractivity contribution is 5.93. The SMILES string of the molecule is CC(C)C(O)CNC(=O)c1cnn(C(C)(C)C)c1. The highest BCUT2D eigenvalue weighted by Gasteiger charge is 2.17. The van der Waals surface area contributed by atoms with E-state index in [1.165, 1.54) is 0 Å². The molecule has 1 unspecified atom stereocenters. The first-order valence-corrected chi connectivity index (χ1v) is 6.23. The van der Waals surface area contributed by atoms with Gasteiger partial charge >= 0.3 is 0 Å². The molecule has 0 aliphatic rings. The zero-order chi connectivity index (χ0) is 13.9. The first-order chi connectivity index (χ1) is 8.21. The summed E-state index contributed by atoms with van der Waals surface area (Å²) >= 11 is 0. The standard InChI is InChI=1S/C13H23N3O2/c1-9(2)11(17)7-14-12(18)10-6-15-16(8-10)13(3,4)5/h6,8-9,11,17H,7H2,1-5H3,(H,14,18). The molecule has 0 saturated heterocycles. The van der Waals surface area contributed by atoms with E-state index in [4.69, 9.17) is 0 Å². The molecule has 5 heteroatoms. The maximum absolute atomic E-state index is 11.8. The van der Waals surface area contributed by atoms with E-state index in [-0.39, 0.29) is 23.9 Å².